The molecule has 0 aliphatic rings. The van der Waals surface area contributed by atoms with E-state index in [1.54, 1.807) is 32.0 Å². The van der Waals surface area contributed by atoms with Crippen LogP contribution < -0.4 is 11.1 Å². The Labute approximate surface area is 135 Å². The highest BCUT2D eigenvalue weighted by Gasteiger charge is 2.11. The van der Waals surface area contributed by atoms with E-state index >= 15 is 0 Å². The summed E-state index contributed by atoms with van der Waals surface area (Å²) in [5, 5.41) is 3.87. The molecule has 0 aliphatic heterocycles. The number of anilines is 3. The first kappa shape index (κ1) is 16.2. The van der Waals surface area contributed by atoms with Gasteiger partial charge in [0.2, 0.25) is 0 Å². The Morgan fingerprint density at radius 3 is 2.55 bits per heavy atom. The Bertz CT molecular complexity index is 699. The number of hydrogen-bond donors (Lipinski definition) is 2. The average Bonchev–Trinajstić information content (AvgIpc) is 2.44. The van der Waals surface area contributed by atoms with Crippen LogP contribution in [0.3, 0.4) is 0 Å². The summed E-state index contributed by atoms with van der Waals surface area (Å²) in [5.74, 6) is -0.382. The van der Waals surface area contributed by atoms with Crippen LogP contribution in [0, 0.1) is 6.92 Å². The number of nitrogens with two attached hydrogens (primary N) is 1. The maximum atomic E-state index is 11.9. The monoisotopic (exact) mass is 318 g/mol. The summed E-state index contributed by atoms with van der Waals surface area (Å²) in [5.41, 5.74) is 9.56. The van der Waals surface area contributed by atoms with Gasteiger partial charge in [-0.2, -0.15) is 0 Å². The largest absolute Gasteiger partial charge is 0.459 e. The molecule has 0 radical (unpaired) electrons. The van der Waals surface area contributed by atoms with Crippen molar-refractivity contribution in [3.8, 4) is 0 Å². The molecule has 2 rings (SSSR count). The molecule has 0 saturated heterocycles. The third-order valence-corrected chi connectivity index (χ3v) is 3.33. The molecule has 22 heavy (non-hydrogen) atoms. The molecule has 0 saturated carbocycles. The molecule has 0 fully saturated rings. The molecule has 0 amide bonds. The molecule has 0 aromatic heterocycles. The minimum absolute atomic E-state index is 0.166. The van der Waals surface area contributed by atoms with Gasteiger partial charge in [-0.3, -0.25) is 0 Å². The van der Waals surface area contributed by atoms with E-state index in [0.29, 0.717) is 22.0 Å². The lowest BCUT2D eigenvalue weighted by atomic mass is 10.1. The van der Waals surface area contributed by atoms with Crippen LogP contribution in [0.15, 0.2) is 36.4 Å². The molecule has 4 nitrogen and oxygen atoms in total. The maximum Gasteiger partial charge on any atom is 0.338 e. The predicted octanol–water partition coefficient (Wildman–Crippen LogP) is 4.54. The minimum atomic E-state index is -0.382. The van der Waals surface area contributed by atoms with Gasteiger partial charge in [-0.05, 0) is 56.7 Å². The zero-order chi connectivity index (χ0) is 16.3. The van der Waals surface area contributed by atoms with Crippen molar-refractivity contribution >= 4 is 34.6 Å². The first-order valence-corrected chi connectivity index (χ1v) is 7.38. The van der Waals surface area contributed by atoms with Crippen LogP contribution in [-0.2, 0) is 4.74 Å². The van der Waals surface area contributed by atoms with Gasteiger partial charge in [-0.25, -0.2) is 4.79 Å². The Morgan fingerprint density at radius 1 is 1.18 bits per heavy atom. The van der Waals surface area contributed by atoms with Crippen LogP contribution in [0.4, 0.5) is 17.1 Å². The summed E-state index contributed by atoms with van der Waals surface area (Å²) in [7, 11) is 0. The van der Waals surface area contributed by atoms with Gasteiger partial charge >= 0.3 is 5.97 Å². The number of rotatable bonds is 4. The molecular formula is C17H19ClN2O2. The van der Waals surface area contributed by atoms with E-state index in [4.69, 9.17) is 22.1 Å². The second kappa shape index (κ2) is 6.71. The van der Waals surface area contributed by atoms with Gasteiger partial charge in [0.25, 0.3) is 0 Å². The second-order valence-corrected chi connectivity index (χ2v) is 5.78. The SMILES string of the molecule is Cc1ccc(Cl)cc1Nc1ccc(C(=O)OC(C)C)cc1N. The first-order valence-electron chi connectivity index (χ1n) is 7.00. The summed E-state index contributed by atoms with van der Waals surface area (Å²) in [4.78, 5) is 11.9. The van der Waals surface area contributed by atoms with Crippen molar-refractivity contribution in [2.24, 2.45) is 0 Å². The topological polar surface area (TPSA) is 64.3 Å². The zero-order valence-electron chi connectivity index (χ0n) is 12.8. The molecular weight excluding hydrogens is 300 g/mol. The quantitative estimate of drug-likeness (QED) is 0.641. The average molecular weight is 319 g/mol. The normalized spacial score (nSPS) is 10.6. The van der Waals surface area contributed by atoms with E-state index in [0.717, 1.165) is 11.3 Å². The number of nitrogens with one attached hydrogen (secondary N) is 1. The van der Waals surface area contributed by atoms with Gasteiger partial charge in [0.1, 0.15) is 0 Å². The Kier molecular flexibility index (Phi) is 4.93. The number of carbonyl (C=O) groups excluding carboxylic acids is 1. The van der Waals surface area contributed by atoms with Gasteiger partial charge in [0.05, 0.1) is 23.0 Å². The van der Waals surface area contributed by atoms with Crippen LogP contribution in [0.5, 0.6) is 0 Å². The summed E-state index contributed by atoms with van der Waals surface area (Å²) < 4.78 is 5.15. The lowest BCUT2D eigenvalue weighted by Crippen LogP contribution is -2.12. The van der Waals surface area contributed by atoms with E-state index in [1.807, 2.05) is 25.1 Å². The molecule has 116 valence electrons. The van der Waals surface area contributed by atoms with E-state index in [-0.39, 0.29) is 12.1 Å². The lowest BCUT2D eigenvalue weighted by Gasteiger charge is -2.14. The molecule has 2 aromatic carbocycles. The van der Waals surface area contributed by atoms with Gasteiger partial charge in [-0.1, -0.05) is 17.7 Å². The van der Waals surface area contributed by atoms with Crippen molar-refractivity contribution in [3.05, 3.63) is 52.5 Å². The van der Waals surface area contributed by atoms with E-state index < -0.39 is 0 Å². The Hall–Kier alpha value is -2.20. The predicted molar refractivity (Wildman–Crippen MR) is 90.9 cm³/mol. The third-order valence-electron chi connectivity index (χ3n) is 3.10. The Balaban J connectivity index is 2.23. The summed E-state index contributed by atoms with van der Waals surface area (Å²) in [6.07, 6.45) is -0.166. The maximum absolute atomic E-state index is 11.9. The first-order chi connectivity index (χ1) is 10.4. The van der Waals surface area contributed by atoms with Gasteiger partial charge in [0.15, 0.2) is 0 Å². The fraction of sp³-hybridized carbons (Fsp3) is 0.235. The molecule has 0 unspecified atom stereocenters. The van der Waals surface area contributed by atoms with Gasteiger partial charge in [0, 0.05) is 10.7 Å². The molecule has 2 aromatic rings. The Morgan fingerprint density at radius 2 is 1.91 bits per heavy atom. The van der Waals surface area contributed by atoms with Crippen molar-refractivity contribution in [1.82, 2.24) is 0 Å². The van der Waals surface area contributed by atoms with Crippen molar-refractivity contribution in [2.75, 3.05) is 11.1 Å². The van der Waals surface area contributed by atoms with Crippen molar-refractivity contribution < 1.29 is 9.53 Å². The van der Waals surface area contributed by atoms with Gasteiger partial charge in [-0.15, -0.1) is 0 Å². The molecule has 0 bridgehead atoms. The standard InChI is InChI=1S/C17H19ClN2O2/c1-10(2)22-17(21)12-5-7-15(14(19)8-12)20-16-9-13(18)6-4-11(16)3/h4-10,20H,19H2,1-3H3. The van der Waals surface area contributed by atoms with E-state index in [2.05, 4.69) is 5.32 Å². The lowest BCUT2D eigenvalue weighted by molar-refractivity contribution is 0.0378. The molecule has 0 spiro atoms. The highest BCUT2D eigenvalue weighted by atomic mass is 35.5. The number of halogens is 1. The zero-order valence-corrected chi connectivity index (χ0v) is 13.6. The molecule has 0 atom stereocenters. The summed E-state index contributed by atoms with van der Waals surface area (Å²) in [6.45, 7) is 5.58. The van der Waals surface area contributed by atoms with E-state index in [9.17, 15) is 4.79 Å². The fourth-order valence-electron chi connectivity index (χ4n) is 1.96. The highest BCUT2D eigenvalue weighted by molar-refractivity contribution is 6.30. The summed E-state index contributed by atoms with van der Waals surface area (Å²) >= 11 is 6.01. The van der Waals surface area contributed by atoms with Crippen molar-refractivity contribution in [1.29, 1.82) is 0 Å². The van der Waals surface area contributed by atoms with Crippen LogP contribution in [-0.4, -0.2) is 12.1 Å². The minimum Gasteiger partial charge on any atom is -0.459 e. The number of ether oxygens (including phenoxy) is 1. The van der Waals surface area contributed by atoms with Gasteiger partial charge < -0.3 is 15.8 Å². The number of esters is 1. The highest BCUT2D eigenvalue weighted by Crippen LogP contribution is 2.28. The molecule has 3 N–H and O–H groups in total. The number of benzene rings is 2. The molecule has 0 heterocycles. The second-order valence-electron chi connectivity index (χ2n) is 5.34. The fourth-order valence-corrected chi connectivity index (χ4v) is 2.13. The number of hydrogen-bond acceptors (Lipinski definition) is 4. The molecule has 0 aliphatic carbocycles. The van der Waals surface area contributed by atoms with E-state index in [1.165, 1.54) is 0 Å². The number of nitrogen functional groups attached to an aromatic ring is 1. The smallest absolute Gasteiger partial charge is 0.338 e. The summed E-state index contributed by atoms with van der Waals surface area (Å²) in [6, 6.07) is 10.6. The number of carbonyl (C=O) groups is 1. The van der Waals surface area contributed by atoms with Crippen LogP contribution >= 0.6 is 11.6 Å². The van der Waals surface area contributed by atoms with Crippen LogP contribution in [0.2, 0.25) is 5.02 Å². The van der Waals surface area contributed by atoms with Crippen LogP contribution in [0.1, 0.15) is 29.8 Å². The molecule has 5 heteroatoms. The van der Waals surface area contributed by atoms with Crippen LogP contribution in [0.25, 0.3) is 0 Å². The van der Waals surface area contributed by atoms with Crippen molar-refractivity contribution in [2.45, 2.75) is 26.9 Å². The number of aryl methyl sites for hydroxylation is 1. The van der Waals surface area contributed by atoms with Crippen molar-refractivity contribution in [3.63, 3.8) is 0 Å². The third kappa shape index (κ3) is 3.92.